The minimum Gasteiger partial charge on any atom is -0.490 e. The summed E-state index contributed by atoms with van der Waals surface area (Å²) < 4.78 is 5.56. The topological polar surface area (TPSA) is 60.1 Å². The van der Waals surface area contributed by atoms with Crippen LogP contribution in [0, 0.1) is 0 Å². The van der Waals surface area contributed by atoms with Gasteiger partial charge < -0.3 is 15.3 Å². The van der Waals surface area contributed by atoms with Gasteiger partial charge in [0.05, 0.1) is 0 Å². The molecule has 0 unspecified atom stereocenters. The van der Waals surface area contributed by atoms with Crippen molar-refractivity contribution in [2.24, 2.45) is 10.9 Å². The Balaban J connectivity index is 1.46. The van der Waals surface area contributed by atoms with E-state index in [0.29, 0.717) is 19.0 Å². The number of hydrogen-bond donors (Lipinski definition) is 1. The van der Waals surface area contributed by atoms with Crippen molar-refractivity contribution in [3.8, 4) is 5.75 Å². The maximum Gasteiger partial charge on any atom is 0.170 e. The fourth-order valence-electron chi connectivity index (χ4n) is 3.09. The molecule has 0 atom stereocenters. The number of benzene rings is 2. The van der Waals surface area contributed by atoms with Crippen molar-refractivity contribution in [3.63, 3.8) is 0 Å². The van der Waals surface area contributed by atoms with Gasteiger partial charge in [-0.3, -0.25) is 4.90 Å². The number of oxime groups is 1. The van der Waals surface area contributed by atoms with Crippen LogP contribution in [0.3, 0.4) is 0 Å². The predicted molar refractivity (Wildman–Crippen MR) is 104 cm³/mol. The molecule has 1 aliphatic heterocycles. The van der Waals surface area contributed by atoms with Crippen molar-refractivity contribution < 1.29 is 9.57 Å². The van der Waals surface area contributed by atoms with Gasteiger partial charge in [0.15, 0.2) is 12.4 Å². The van der Waals surface area contributed by atoms with Gasteiger partial charge in [-0.25, -0.2) is 0 Å². The van der Waals surface area contributed by atoms with E-state index in [4.69, 9.17) is 15.3 Å². The van der Waals surface area contributed by atoms with Gasteiger partial charge in [-0.15, -0.1) is 0 Å². The molecule has 2 aromatic rings. The Bertz CT molecular complexity index is 697. The summed E-state index contributed by atoms with van der Waals surface area (Å²) in [6, 6.07) is 17.9. The van der Waals surface area contributed by atoms with Gasteiger partial charge in [0, 0.05) is 12.1 Å². The smallest absolute Gasteiger partial charge is 0.170 e. The van der Waals surface area contributed by atoms with Crippen LogP contribution in [-0.2, 0) is 11.4 Å². The Morgan fingerprint density at radius 1 is 0.962 bits per heavy atom. The van der Waals surface area contributed by atoms with E-state index < -0.39 is 0 Å². The average Bonchev–Trinajstić information content (AvgIpc) is 2.69. The van der Waals surface area contributed by atoms with Crippen LogP contribution in [0.2, 0.25) is 0 Å². The van der Waals surface area contributed by atoms with Crippen molar-refractivity contribution in [3.05, 3.63) is 65.7 Å². The first-order valence-corrected chi connectivity index (χ1v) is 9.26. The summed E-state index contributed by atoms with van der Waals surface area (Å²) in [5.41, 5.74) is 8.21. The number of hydrogen-bond acceptors (Lipinski definition) is 4. The molecule has 1 aliphatic rings. The molecule has 0 spiro atoms. The van der Waals surface area contributed by atoms with E-state index in [-0.39, 0.29) is 0 Å². The number of rotatable bonds is 8. The minimum atomic E-state index is 0.350. The number of nitrogens with zero attached hydrogens (tertiary/aromatic N) is 2. The SMILES string of the molecule is N/C(=N\OCCOc1ccccc1)c1cccc(CN2CCCCC2)c1. The molecule has 1 saturated heterocycles. The second-order valence-corrected chi connectivity index (χ2v) is 6.51. The van der Waals surface area contributed by atoms with Crippen LogP contribution in [0.5, 0.6) is 5.75 Å². The van der Waals surface area contributed by atoms with Gasteiger partial charge in [-0.05, 0) is 49.7 Å². The molecule has 0 aromatic heterocycles. The first-order valence-electron chi connectivity index (χ1n) is 9.26. The molecule has 2 N–H and O–H groups in total. The summed E-state index contributed by atoms with van der Waals surface area (Å²) >= 11 is 0. The Morgan fingerprint density at radius 2 is 1.77 bits per heavy atom. The Hall–Kier alpha value is -2.53. The van der Waals surface area contributed by atoms with Gasteiger partial charge in [-0.1, -0.05) is 48.0 Å². The molecule has 2 aromatic carbocycles. The molecule has 26 heavy (non-hydrogen) atoms. The molecule has 1 fully saturated rings. The standard InChI is InChI=1S/C21H27N3O2/c22-21(23-26-15-14-25-20-10-3-1-4-11-20)19-9-7-8-18(16-19)17-24-12-5-2-6-13-24/h1,3-4,7-11,16H,2,5-6,12-15,17H2,(H2,22,23). The van der Waals surface area contributed by atoms with Crippen LogP contribution in [0.1, 0.15) is 30.4 Å². The Kier molecular flexibility index (Phi) is 6.90. The largest absolute Gasteiger partial charge is 0.490 e. The van der Waals surface area contributed by atoms with Crippen LogP contribution in [0.15, 0.2) is 59.8 Å². The predicted octanol–water partition coefficient (Wildman–Crippen LogP) is 3.39. The van der Waals surface area contributed by atoms with Crippen LogP contribution in [0.25, 0.3) is 0 Å². The van der Waals surface area contributed by atoms with Gasteiger partial charge in [0.25, 0.3) is 0 Å². The fourth-order valence-corrected chi connectivity index (χ4v) is 3.09. The summed E-state index contributed by atoms with van der Waals surface area (Å²) in [7, 11) is 0. The number of para-hydroxylation sites is 1. The second-order valence-electron chi connectivity index (χ2n) is 6.51. The molecule has 0 saturated carbocycles. The summed E-state index contributed by atoms with van der Waals surface area (Å²) in [6.45, 7) is 4.10. The first-order chi connectivity index (χ1) is 12.8. The summed E-state index contributed by atoms with van der Waals surface area (Å²) in [4.78, 5) is 7.78. The number of piperidine rings is 1. The number of likely N-dealkylation sites (tertiary alicyclic amines) is 1. The van der Waals surface area contributed by atoms with E-state index in [1.54, 1.807) is 0 Å². The van der Waals surface area contributed by atoms with E-state index >= 15 is 0 Å². The number of nitrogens with two attached hydrogens (primary N) is 1. The molecule has 5 heteroatoms. The average molecular weight is 353 g/mol. The lowest BCUT2D eigenvalue weighted by atomic mass is 10.1. The highest BCUT2D eigenvalue weighted by Crippen LogP contribution is 2.14. The normalized spacial score (nSPS) is 15.6. The number of ether oxygens (including phenoxy) is 1. The molecule has 3 rings (SSSR count). The van der Waals surface area contributed by atoms with Crippen LogP contribution < -0.4 is 10.5 Å². The zero-order chi connectivity index (χ0) is 18.0. The molecular weight excluding hydrogens is 326 g/mol. The molecule has 0 amide bonds. The third-order valence-electron chi connectivity index (χ3n) is 4.43. The Labute approximate surface area is 155 Å². The van der Waals surface area contributed by atoms with Crippen molar-refractivity contribution in [1.82, 2.24) is 4.90 Å². The third kappa shape index (κ3) is 5.77. The fraction of sp³-hybridized carbons (Fsp3) is 0.381. The summed E-state index contributed by atoms with van der Waals surface area (Å²) in [5, 5.41) is 4.01. The highest BCUT2D eigenvalue weighted by atomic mass is 16.6. The maximum absolute atomic E-state index is 6.06. The molecular formula is C21H27N3O2. The number of amidine groups is 1. The van der Waals surface area contributed by atoms with E-state index in [2.05, 4.69) is 22.2 Å². The van der Waals surface area contributed by atoms with Gasteiger partial charge in [-0.2, -0.15) is 0 Å². The van der Waals surface area contributed by atoms with Gasteiger partial charge in [0.2, 0.25) is 0 Å². The molecule has 0 bridgehead atoms. The van der Waals surface area contributed by atoms with Crippen molar-refractivity contribution >= 4 is 5.84 Å². The molecule has 0 radical (unpaired) electrons. The van der Waals surface area contributed by atoms with Gasteiger partial charge in [0.1, 0.15) is 12.4 Å². The van der Waals surface area contributed by atoms with Gasteiger partial charge >= 0.3 is 0 Å². The molecule has 1 heterocycles. The third-order valence-corrected chi connectivity index (χ3v) is 4.43. The molecule has 0 aliphatic carbocycles. The maximum atomic E-state index is 6.06. The molecule has 138 valence electrons. The van der Waals surface area contributed by atoms with E-state index in [1.807, 2.05) is 42.5 Å². The van der Waals surface area contributed by atoms with Crippen molar-refractivity contribution in [1.29, 1.82) is 0 Å². The first kappa shape index (κ1) is 18.3. The summed E-state index contributed by atoms with van der Waals surface area (Å²) in [5.74, 6) is 1.21. The Morgan fingerprint density at radius 3 is 2.58 bits per heavy atom. The summed E-state index contributed by atoms with van der Waals surface area (Å²) in [6.07, 6.45) is 3.94. The van der Waals surface area contributed by atoms with E-state index in [0.717, 1.165) is 17.9 Å². The highest BCUT2D eigenvalue weighted by molar-refractivity contribution is 5.97. The highest BCUT2D eigenvalue weighted by Gasteiger charge is 2.11. The zero-order valence-corrected chi connectivity index (χ0v) is 15.1. The lowest BCUT2D eigenvalue weighted by Gasteiger charge is -2.26. The van der Waals surface area contributed by atoms with Crippen LogP contribution in [0.4, 0.5) is 0 Å². The molecule has 5 nitrogen and oxygen atoms in total. The minimum absolute atomic E-state index is 0.350. The lowest BCUT2D eigenvalue weighted by molar-refractivity contribution is 0.107. The van der Waals surface area contributed by atoms with Crippen LogP contribution in [-0.4, -0.2) is 37.0 Å². The quantitative estimate of drug-likeness (QED) is 0.342. The van der Waals surface area contributed by atoms with Crippen molar-refractivity contribution in [2.75, 3.05) is 26.3 Å². The second kappa shape index (κ2) is 9.82. The zero-order valence-electron chi connectivity index (χ0n) is 15.1. The lowest BCUT2D eigenvalue weighted by Crippen LogP contribution is -2.29. The van der Waals surface area contributed by atoms with E-state index in [9.17, 15) is 0 Å². The van der Waals surface area contributed by atoms with E-state index in [1.165, 1.54) is 37.9 Å². The van der Waals surface area contributed by atoms with Crippen molar-refractivity contribution in [2.45, 2.75) is 25.8 Å². The van der Waals surface area contributed by atoms with Crippen LogP contribution >= 0.6 is 0 Å². The monoisotopic (exact) mass is 353 g/mol.